The van der Waals surface area contributed by atoms with Crippen LogP contribution in [0.2, 0.25) is 0 Å². The van der Waals surface area contributed by atoms with E-state index in [0.717, 1.165) is 0 Å². The molecule has 0 aliphatic carbocycles. The lowest BCUT2D eigenvalue weighted by Gasteiger charge is -2.24. The third-order valence-corrected chi connectivity index (χ3v) is 2.86. The minimum absolute atomic E-state index is 0.0543. The van der Waals surface area contributed by atoms with Crippen molar-refractivity contribution in [3.05, 3.63) is 23.8 Å². The summed E-state index contributed by atoms with van der Waals surface area (Å²) in [4.78, 5) is 12.3. The zero-order chi connectivity index (χ0) is 13.2. The molecular weight excluding hydrogens is 232 g/mol. The number of carbonyl (C=O) groups excluding carboxylic acids is 1. The van der Waals surface area contributed by atoms with Gasteiger partial charge in [0.15, 0.2) is 17.3 Å². The van der Waals surface area contributed by atoms with Gasteiger partial charge in [-0.2, -0.15) is 0 Å². The Morgan fingerprint density at radius 3 is 2.61 bits per heavy atom. The van der Waals surface area contributed by atoms with Gasteiger partial charge < -0.3 is 14.2 Å². The highest BCUT2D eigenvalue weighted by Gasteiger charge is 2.30. The van der Waals surface area contributed by atoms with Crippen LogP contribution in [0.5, 0.6) is 11.5 Å². The molecule has 0 amide bonds. The van der Waals surface area contributed by atoms with Crippen molar-refractivity contribution in [3.63, 3.8) is 0 Å². The summed E-state index contributed by atoms with van der Waals surface area (Å²) in [5.74, 6) is 1.26. The molecule has 1 heterocycles. The molecule has 0 saturated carbocycles. The van der Waals surface area contributed by atoms with Crippen LogP contribution < -0.4 is 9.47 Å². The van der Waals surface area contributed by atoms with Gasteiger partial charge in [-0.25, -0.2) is 0 Å². The Bertz CT molecular complexity index is 451. The van der Waals surface area contributed by atoms with Crippen LogP contribution in [-0.4, -0.2) is 31.2 Å². The molecule has 0 saturated heterocycles. The van der Waals surface area contributed by atoms with E-state index in [4.69, 9.17) is 14.2 Å². The van der Waals surface area contributed by atoms with Gasteiger partial charge in [0.2, 0.25) is 0 Å². The highest BCUT2D eigenvalue weighted by molar-refractivity contribution is 6.02. The Labute approximate surface area is 107 Å². The fraction of sp³-hybridized carbons (Fsp3) is 0.500. The van der Waals surface area contributed by atoms with Crippen molar-refractivity contribution < 1.29 is 19.0 Å². The van der Waals surface area contributed by atoms with E-state index >= 15 is 0 Å². The summed E-state index contributed by atoms with van der Waals surface area (Å²) < 4.78 is 16.4. The molecule has 1 aliphatic rings. The maximum atomic E-state index is 12.3. The molecule has 0 bridgehead atoms. The second-order valence-corrected chi connectivity index (χ2v) is 4.63. The van der Waals surface area contributed by atoms with Crippen molar-refractivity contribution in [2.24, 2.45) is 0 Å². The second-order valence-electron chi connectivity index (χ2n) is 4.63. The molecule has 1 aliphatic heterocycles. The topological polar surface area (TPSA) is 44.8 Å². The molecule has 18 heavy (non-hydrogen) atoms. The molecule has 2 rings (SSSR count). The number of carbonyl (C=O) groups is 1. The third kappa shape index (κ3) is 2.48. The van der Waals surface area contributed by atoms with Crippen LogP contribution in [0, 0.1) is 0 Å². The Kier molecular flexibility index (Phi) is 3.57. The van der Waals surface area contributed by atoms with Crippen LogP contribution in [0.3, 0.4) is 0 Å². The largest absolute Gasteiger partial charge is 0.486 e. The normalized spacial score (nSPS) is 14.4. The van der Waals surface area contributed by atoms with E-state index in [2.05, 4.69) is 0 Å². The van der Waals surface area contributed by atoms with Crippen LogP contribution in [0.4, 0.5) is 0 Å². The lowest BCUT2D eigenvalue weighted by molar-refractivity contribution is 0.00122. The summed E-state index contributed by atoms with van der Waals surface area (Å²) in [7, 11) is 0. The smallest absolute Gasteiger partial charge is 0.194 e. The van der Waals surface area contributed by atoms with Gasteiger partial charge in [-0.05, 0) is 39.0 Å². The van der Waals surface area contributed by atoms with Gasteiger partial charge in [0.05, 0.1) is 0 Å². The average Bonchev–Trinajstić information content (AvgIpc) is 2.37. The van der Waals surface area contributed by atoms with E-state index in [1.165, 1.54) is 0 Å². The Morgan fingerprint density at radius 1 is 1.28 bits per heavy atom. The molecule has 4 heteroatoms. The first kappa shape index (κ1) is 12.9. The minimum atomic E-state index is -0.821. The molecule has 0 fully saturated rings. The van der Waals surface area contributed by atoms with E-state index in [1.54, 1.807) is 32.0 Å². The Hall–Kier alpha value is -1.55. The molecule has 1 aromatic carbocycles. The van der Waals surface area contributed by atoms with Gasteiger partial charge in [-0.15, -0.1) is 0 Å². The Balaban J connectivity index is 2.26. The zero-order valence-electron chi connectivity index (χ0n) is 11.0. The van der Waals surface area contributed by atoms with E-state index in [9.17, 15) is 4.79 Å². The molecule has 98 valence electrons. The van der Waals surface area contributed by atoms with Gasteiger partial charge >= 0.3 is 0 Å². The highest BCUT2D eigenvalue weighted by Crippen LogP contribution is 2.32. The number of hydrogen-bond donors (Lipinski definition) is 0. The second kappa shape index (κ2) is 4.98. The summed E-state index contributed by atoms with van der Waals surface area (Å²) >= 11 is 0. The van der Waals surface area contributed by atoms with E-state index in [1.807, 2.05) is 6.92 Å². The van der Waals surface area contributed by atoms with Gasteiger partial charge in [-0.1, -0.05) is 0 Å². The molecule has 0 N–H and O–H groups in total. The van der Waals surface area contributed by atoms with Crippen molar-refractivity contribution in [1.29, 1.82) is 0 Å². The van der Waals surface area contributed by atoms with Crippen molar-refractivity contribution >= 4 is 5.78 Å². The molecule has 0 atom stereocenters. The number of Topliss-reactive ketones (excluding diaryl/α,β-unsaturated/α-hetero) is 1. The maximum absolute atomic E-state index is 12.3. The van der Waals surface area contributed by atoms with Crippen molar-refractivity contribution in [2.75, 3.05) is 19.8 Å². The van der Waals surface area contributed by atoms with Crippen LogP contribution in [0.15, 0.2) is 18.2 Å². The van der Waals surface area contributed by atoms with Gasteiger partial charge in [0.1, 0.15) is 18.8 Å². The summed E-state index contributed by atoms with van der Waals surface area (Å²) in [6.07, 6.45) is 0. The fourth-order valence-corrected chi connectivity index (χ4v) is 1.96. The van der Waals surface area contributed by atoms with Crippen LogP contribution in [0.25, 0.3) is 0 Å². The van der Waals surface area contributed by atoms with Crippen molar-refractivity contribution in [2.45, 2.75) is 26.4 Å². The number of ether oxygens (including phenoxy) is 3. The van der Waals surface area contributed by atoms with Gasteiger partial charge in [-0.3, -0.25) is 4.79 Å². The van der Waals surface area contributed by atoms with Crippen LogP contribution in [0.1, 0.15) is 31.1 Å². The van der Waals surface area contributed by atoms with Gasteiger partial charge in [0.25, 0.3) is 0 Å². The third-order valence-electron chi connectivity index (χ3n) is 2.86. The number of benzene rings is 1. The molecule has 0 spiro atoms. The van der Waals surface area contributed by atoms with Crippen LogP contribution in [-0.2, 0) is 4.74 Å². The lowest BCUT2D eigenvalue weighted by Crippen LogP contribution is -2.35. The quantitative estimate of drug-likeness (QED) is 0.770. The summed E-state index contributed by atoms with van der Waals surface area (Å²) in [5.41, 5.74) is -0.240. The summed E-state index contributed by atoms with van der Waals surface area (Å²) in [6.45, 7) is 6.98. The first-order valence-electron chi connectivity index (χ1n) is 6.13. The number of ketones is 1. The first-order chi connectivity index (χ1) is 8.54. The molecule has 0 aromatic heterocycles. The minimum Gasteiger partial charge on any atom is -0.486 e. The maximum Gasteiger partial charge on any atom is 0.194 e. The number of hydrogen-bond acceptors (Lipinski definition) is 4. The Morgan fingerprint density at radius 2 is 1.94 bits per heavy atom. The van der Waals surface area contributed by atoms with Crippen molar-refractivity contribution in [1.82, 2.24) is 0 Å². The molecule has 0 unspecified atom stereocenters. The number of rotatable bonds is 4. The number of fused-ring (bicyclic) bond motifs is 1. The summed E-state index contributed by atoms with van der Waals surface area (Å²) in [6, 6.07) is 5.23. The molecular formula is C14H18O4. The monoisotopic (exact) mass is 250 g/mol. The fourth-order valence-electron chi connectivity index (χ4n) is 1.96. The molecule has 0 radical (unpaired) electrons. The van der Waals surface area contributed by atoms with Gasteiger partial charge in [0, 0.05) is 12.2 Å². The predicted octanol–water partition coefficient (Wildman–Crippen LogP) is 2.46. The molecule has 1 aromatic rings. The zero-order valence-corrected chi connectivity index (χ0v) is 11.0. The van der Waals surface area contributed by atoms with Crippen LogP contribution >= 0.6 is 0 Å². The first-order valence-corrected chi connectivity index (χ1v) is 6.13. The summed E-state index contributed by atoms with van der Waals surface area (Å²) in [5, 5.41) is 0. The average molecular weight is 250 g/mol. The molecule has 4 nitrogen and oxygen atoms in total. The standard InChI is InChI=1S/C14H18O4/c1-4-18-14(2,3)13(15)10-5-6-11-12(9-10)17-8-7-16-11/h5-6,9H,4,7-8H2,1-3H3. The van der Waals surface area contributed by atoms with E-state index in [-0.39, 0.29) is 5.78 Å². The SMILES string of the molecule is CCOC(C)(C)C(=O)c1ccc2c(c1)OCCO2. The van der Waals surface area contributed by atoms with E-state index < -0.39 is 5.60 Å². The van der Waals surface area contributed by atoms with E-state index in [0.29, 0.717) is 36.9 Å². The van der Waals surface area contributed by atoms with Crippen molar-refractivity contribution in [3.8, 4) is 11.5 Å². The highest BCUT2D eigenvalue weighted by atomic mass is 16.6. The predicted molar refractivity (Wildman–Crippen MR) is 67.5 cm³/mol. The lowest BCUT2D eigenvalue weighted by atomic mass is 9.96.